The summed E-state index contributed by atoms with van der Waals surface area (Å²) < 4.78 is 20.3. The summed E-state index contributed by atoms with van der Waals surface area (Å²) in [6.45, 7) is 1.96. The third kappa shape index (κ3) is 2.74. The SMILES string of the molecule is COc1ccc2c3c1O[C@H]1C[C@@H](O)C=C[C@@]31CCN(C)C2.O=[PH+]O. The van der Waals surface area contributed by atoms with E-state index in [1.807, 2.05) is 12.1 Å². The number of aliphatic hydroxyl groups is 1. The number of hydrogen-bond donors (Lipinski definition) is 2. The molecule has 4 rings (SSSR count). The van der Waals surface area contributed by atoms with Crippen molar-refractivity contribution in [2.24, 2.45) is 0 Å². The Balaban J connectivity index is 0.000000526. The largest absolute Gasteiger partial charge is 0.493 e. The zero-order valence-electron chi connectivity index (χ0n) is 13.9. The Morgan fingerprint density at radius 1 is 1.46 bits per heavy atom. The number of ether oxygens (including phenoxy) is 2. The summed E-state index contributed by atoms with van der Waals surface area (Å²) in [6.07, 6.45) is 5.38. The van der Waals surface area contributed by atoms with Crippen LogP contribution in [0, 0.1) is 0 Å². The van der Waals surface area contributed by atoms with Gasteiger partial charge in [0.25, 0.3) is 0 Å². The quantitative estimate of drug-likeness (QED) is 0.592. The summed E-state index contributed by atoms with van der Waals surface area (Å²) in [5.74, 6) is 1.68. The highest BCUT2D eigenvalue weighted by Gasteiger charge is 2.52. The number of methoxy groups -OCH3 is 1. The summed E-state index contributed by atoms with van der Waals surface area (Å²) in [7, 11) is 2.68. The smallest absolute Gasteiger partial charge is 0.491 e. The van der Waals surface area contributed by atoms with Crippen LogP contribution in [0.3, 0.4) is 0 Å². The van der Waals surface area contributed by atoms with E-state index in [1.54, 1.807) is 7.11 Å². The predicted octanol–water partition coefficient (Wildman–Crippen LogP) is 1.77. The molecule has 2 heterocycles. The van der Waals surface area contributed by atoms with Gasteiger partial charge in [-0.2, -0.15) is 4.89 Å². The number of aliphatic hydroxyl groups excluding tert-OH is 1. The van der Waals surface area contributed by atoms with Gasteiger partial charge in [0.2, 0.25) is 0 Å². The van der Waals surface area contributed by atoms with E-state index in [1.165, 1.54) is 11.1 Å². The van der Waals surface area contributed by atoms with Gasteiger partial charge < -0.3 is 19.5 Å². The minimum absolute atomic E-state index is 0.00838. The van der Waals surface area contributed by atoms with Crippen molar-refractivity contribution in [1.29, 1.82) is 0 Å². The lowest BCUT2D eigenvalue weighted by Crippen LogP contribution is -2.42. The maximum absolute atomic E-state index is 9.97. The number of nitrogens with zero attached hydrogens (tertiary/aromatic N) is 1. The highest BCUT2D eigenvalue weighted by molar-refractivity contribution is 7.16. The van der Waals surface area contributed by atoms with Crippen molar-refractivity contribution in [3.05, 3.63) is 35.4 Å². The van der Waals surface area contributed by atoms with Crippen LogP contribution in [0.5, 0.6) is 11.5 Å². The molecule has 0 radical (unpaired) electrons. The van der Waals surface area contributed by atoms with Gasteiger partial charge in [-0.15, -0.1) is 0 Å². The first-order valence-electron chi connectivity index (χ1n) is 8.00. The summed E-state index contributed by atoms with van der Waals surface area (Å²) in [6, 6.07) is 4.16. The van der Waals surface area contributed by atoms with Crippen LogP contribution in [0.25, 0.3) is 0 Å². The van der Waals surface area contributed by atoms with E-state index < -0.39 is 14.8 Å². The third-order valence-corrected chi connectivity index (χ3v) is 5.15. The van der Waals surface area contributed by atoms with E-state index in [-0.39, 0.29) is 11.5 Å². The lowest BCUT2D eigenvalue weighted by Gasteiger charge is -2.35. The molecule has 1 spiro atoms. The first kappa shape index (κ1) is 17.4. The van der Waals surface area contributed by atoms with Gasteiger partial charge in [0, 0.05) is 18.5 Å². The molecular weight excluding hydrogens is 329 g/mol. The van der Waals surface area contributed by atoms with Crippen molar-refractivity contribution in [2.75, 3.05) is 20.7 Å². The molecule has 0 saturated carbocycles. The van der Waals surface area contributed by atoms with Crippen LogP contribution in [0.1, 0.15) is 24.0 Å². The topological polar surface area (TPSA) is 79.2 Å². The van der Waals surface area contributed by atoms with E-state index in [0.29, 0.717) is 6.42 Å². The minimum atomic E-state index is -1.17. The maximum Gasteiger partial charge on any atom is 0.491 e. The van der Waals surface area contributed by atoms with Crippen molar-refractivity contribution in [3.8, 4) is 11.5 Å². The molecule has 130 valence electrons. The zero-order chi connectivity index (χ0) is 17.3. The van der Waals surface area contributed by atoms with Gasteiger partial charge in [0.05, 0.1) is 18.6 Å². The first-order valence-corrected chi connectivity index (χ1v) is 8.85. The average Bonchev–Trinajstić information content (AvgIpc) is 2.81. The van der Waals surface area contributed by atoms with Crippen molar-refractivity contribution in [3.63, 3.8) is 0 Å². The normalized spacial score (nSPS) is 30.5. The Kier molecular flexibility index (Phi) is 4.92. The second-order valence-electron chi connectivity index (χ2n) is 6.52. The standard InChI is InChI=1S/C17H21NO3.HO2P/c1-18-8-7-17-6-5-12(19)9-14(17)21-16-13(20-2)4-3-11(10-18)15(16)17;1-3-2/h3-6,12,14,19H,7-10H2,1-2H3;3H/p+1/t12-,14-,17-;/m0./s1. The molecule has 0 bridgehead atoms. The molecule has 6 nitrogen and oxygen atoms in total. The van der Waals surface area contributed by atoms with Gasteiger partial charge in [-0.1, -0.05) is 18.2 Å². The molecular formula is C17H23NO5P+. The van der Waals surface area contributed by atoms with E-state index in [2.05, 4.69) is 24.1 Å². The highest BCUT2D eigenvalue weighted by Crippen LogP contribution is 2.55. The highest BCUT2D eigenvalue weighted by atomic mass is 31.1. The zero-order valence-corrected chi connectivity index (χ0v) is 14.9. The Morgan fingerprint density at radius 2 is 2.21 bits per heavy atom. The molecule has 0 amide bonds. The molecule has 4 atom stereocenters. The second-order valence-corrected chi connectivity index (χ2v) is 6.70. The van der Waals surface area contributed by atoms with E-state index in [4.69, 9.17) is 18.9 Å². The Bertz CT molecular complexity index is 665. The predicted molar refractivity (Wildman–Crippen MR) is 91.0 cm³/mol. The fraction of sp³-hybridized carbons (Fsp3) is 0.529. The van der Waals surface area contributed by atoms with Crippen molar-refractivity contribution in [1.82, 2.24) is 4.90 Å². The molecule has 0 saturated heterocycles. The van der Waals surface area contributed by atoms with Gasteiger partial charge >= 0.3 is 8.69 Å². The lowest BCUT2D eigenvalue weighted by molar-refractivity contribution is 0.0821. The fourth-order valence-electron chi connectivity index (χ4n) is 4.08. The van der Waals surface area contributed by atoms with Crippen LogP contribution in [0.15, 0.2) is 24.3 Å². The summed E-state index contributed by atoms with van der Waals surface area (Å²) >= 11 is 0. The Morgan fingerprint density at radius 3 is 2.92 bits per heavy atom. The van der Waals surface area contributed by atoms with Crippen LogP contribution in [0.4, 0.5) is 0 Å². The lowest BCUT2D eigenvalue weighted by atomic mass is 9.69. The van der Waals surface area contributed by atoms with E-state index in [9.17, 15) is 5.11 Å². The van der Waals surface area contributed by atoms with Crippen molar-refractivity contribution >= 4 is 8.69 Å². The molecule has 3 aliphatic rings. The minimum Gasteiger partial charge on any atom is -0.493 e. The molecule has 1 aromatic rings. The van der Waals surface area contributed by atoms with Crippen LogP contribution >= 0.6 is 8.69 Å². The van der Waals surface area contributed by atoms with E-state index >= 15 is 0 Å². The monoisotopic (exact) mass is 352 g/mol. The Labute approximate surface area is 143 Å². The number of hydrogen-bond acceptors (Lipinski definition) is 5. The van der Waals surface area contributed by atoms with Gasteiger partial charge in [-0.25, -0.2) is 0 Å². The van der Waals surface area contributed by atoms with Gasteiger partial charge in [-0.3, -0.25) is 0 Å². The molecule has 1 aliphatic carbocycles. The summed E-state index contributed by atoms with van der Waals surface area (Å²) in [5.41, 5.74) is 2.48. The molecule has 0 fully saturated rings. The van der Waals surface area contributed by atoms with Crippen molar-refractivity contribution < 1.29 is 24.0 Å². The first-order chi connectivity index (χ1) is 11.6. The summed E-state index contributed by atoms with van der Waals surface area (Å²) in [4.78, 5) is 9.39. The van der Waals surface area contributed by atoms with Gasteiger partial charge in [0.15, 0.2) is 11.5 Å². The molecule has 1 unspecified atom stereocenters. The fourth-order valence-corrected chi connectivity index (χ4v) is 4.08. The molecule has 2 N–H and O–H groups in total. The molecule has 7 heteroatoms. The van der Waals surface area contributed by atoms with E-state index in [0.717, 1.165) is 31.0 Å². The van der Waals surface area contributed by atoms with Gasteiger partial charge in [-0.05, 0) is 36.2 Å². The van der Waals surface area contributed by atoms with Gasteiger partial charge in [0.1, 0.15) is 6.10 Å². The molecule has 0 aromatic heterocycles. The van der Waals surface area contributed by atoms with Crippen LogP contribution in [-0.4, -0.2) is 47.8 Å². The molecule has 1 aromatic carbocycles. The number of benzene rings is 1. The molecule has 2 aliphatic heterocycles. The maximum atomic E-state index is 9.97. The van der Waals surface area contributed by atoms with Crippen LogP contribution in [-0.2, 0) is 16.5 Å². The average molecular weight is 352 g/mol. The second kappa shape index (κ2) is 6.81. The molecule has 24 heavy (non-hydrogen) atoms. The number of rotatable bonds is 1. The third-order valence-electron chi connectivity index (χ3n) is 5.15. The Hall–Kier alpha value is -1.46. The van der Waals surface area contributed by atoms with Crippen LogP contribution < -0.4 is 9.47 Å². The van der Waals surface area contributed by atoms with Crippen molar-refractivity contribution in [2.45, 2.75) is 37.0 Å². The summed E-state index contributed by atoms with van der Waals surface area (Å²) in [5, 5.41) is 9.97. The van der Waals surface area contributed by atoms with Crippen LogP contribution in [0.2, 0.25) is 0 Å².